The van der Waals surface area contributed by atoms with Gasteiger partial charge >= 0.3 is 0 Å². The van der Waals surface area contributed by atoms with Crippen LogP contribution in [-0.2, 0) is 34.3 Å². The zero-order valence-electron chi connectivity index (χ0n) is 19.4. The van der Waals surface area contributed by atoms with Gasteiger partial charge in [0.2, 0.25) is 11.8 Å². The van der Waals surface area contributed by atoms with Crippen LogP contribution in [0.4, 0.5) is 0 Å². The largest absolute Gasteiger partial charge is 0.365 e. The molecule has 1 aliphatic rings. The Kier molecular flexibility index (Phi) is 8.81. The predicted molar refractivity (Wildman–Crippen MR) is 123 cm³/mol. The molecule has 2 aromatic rings. The van der Waals surface area contributed by atoms with Gasteiger partial charge in [0.05, 0.1) is 18.8 Å². The van der Waals surface area contributed by atoms with Gasteiger partial charge in [0.1, 0.15) is 6.61 Å². The molecule has 0 radical (unpaired) electrons. The van der Waals surface area contributed by atoms with Crippen molar-refractivity contribution < 1.29 is 14.3 Å². The van der Waals surface area contributed by atoms with E-state index in [4.69, 9.17) is 4.74 Å². The molecule has 1 aliphatic heterocycles. The second-order valence-electron chi connectivity index (χ2n) is 8.27. The van der Waals surface area contributed by atoms with Gasteiger partial charge in [-0.2, -0.15) is 5.10 Å². The number of benzene rings is 1. The van der Waals surface area contributed by atoms with Crippen LogP contribution in [0.5, 0.6) is 0 Å². The van der Waals surface area contributed by atoms with E-state index in [1.165, 1.54) is 5.56 Å². The molecule has 1 atom stereocenters. The normalized spacial score (nSPS) is 17.4. The first-order valence-electron chi connectivity index (χ1n) is 11.4. The standard InChI is InChI=1S/C24H35N5O3/c1-4-28(5-2)24(31)19-32-22-16-27(15-21-13-25-26(3)14-21)18-23(30)29(17-22)12-11-20-9-7-6-8-10-20/h6-10,13-14,22H,4-5,11-12,15-19H2,1-3H3. The fourth-order valence-electron chi connectivity index (χ4n) is 4.07. The zero-order valence-corrected chi connectivity index (χ0v) is 19.4. The van der Waals surface area contributed by atoms with E-state index in [9.17, 15) is 9.59 Å². The molecule has 1 unspecified atom stereocenters. The Morgan fingerprint density at radius 1 is 1.16 bits per heavy atom. The molecule has 1 fully saturated rings. The molecule has 0 aliphatic carbocycles. The Morgan fingerprint density at radius 2 is 1.91 bits per heavy atom. The second-order valence-corrected chi connectivity index (χ2v) is 8.27. The lowest BCUT2D eigenvalue weighted by molar-refractivity contribution is -0.138. The molecule has 174 valence electrons. The molecule has 0 bridgehead atoms. The number of carbonyl (C=O) groups is 2. The van der Waals surface area contributed by atoms with Crippen molar-refractivity contribution in [2.24, 2.45) is 7.05 Å². The van der Waals surface area contributed by atoms with Gasteiger partial charge in [-0.15, -0.1) is 0 Å². The van der Waals surface area contributed by atoms with Crippen LogP contribution in [0.25, 0.3) is 0 Å². The molecule has 3 rings (SSSR count). The number of rotatable bonds is 10. The van der Waals surface area contributed by atoms with Crippen molar-refractivity contribution in [1.29, 1.82) is 0 Å². The summed E-state index contributed by atoms with van der Waals surface area (Å²) in [5.41, 5.74) is 2.25. The average molecular weight is 442 g/mol. The van der Waals surface area contributed by atoms with E-state index in [0.29, 0.717) is 45.8 Å². The third-order valence-electron chi connectivity index (χ3n) is 5.83. The highest BCUT2D eigenvalue weighted by Gasteiger charge is 2.29. The summed E-state index contributed by atoms with van der Waals surface area (Å²) in [6.45, 7) is 7.95. The number of aromatic nitrogens is 2. The highest BCUT2D eigenvalue weighted by molar-refractivity contribution is 5.79. The van der Waals surface area contributed by atoms with E-state index in [2.05, 4.69) is 22.1 Å². The Hall–Kier alpha value is -2.71. The lowest BCUT2D eigenvalue weighted by Crippen LogP contribution is -2.41. The minimum Gasteiger partial charge on any atom is -0.365 e. The molecule has 1 aromatic carbocycles. The molecule has 32 heavy (non-hydrogen) atoms. The van der Waals surface area contributed by atoms with Crippen molar-refractivity contribution in [3.8, 4) is 0 Å². The summed E-state index contributed by atoms with van der Waals surface area (Å²) in [5.74, 6) is 0.0752. The number of amides is 2. The van der Waals surface area contributed by atoms with Crippen molar-refractivity contribution in [2.75, 3.05) is 45.9 Å². The fourth-order valence-corrected chi connectivity index (χ4v) is 4.07. The number of ether oxygens (including phenoxy) is 1. The lowest BCUT2D eigenvalue weighted by Gasteiger charge is -2.26. The van der Waals surface area contributed by atoms with Gasteiger partial charge in [0.25, 0.3) is 0 Å². The summed E-state index contributed by atoms with van der Waals surface area (Å²) in [7, 11) is 1.88. The first kappa shape index (κ1) is 23.9. The van der Waals surface area contributed by atoms with Crippen LogP contribution in [-0.4, -0.2) is 88.3 Å². The molecular weight excluding hydrogens is 406 g/mol. The van der Waals surface area contributed by atoms with Crippen LogP contribution in [0.2, 0.25) is 0 Å². The summed E-state index contributed by atoms with van der Waals surface area (Å²) >= 11 is 0. The van der Waals surface area contributed by atoms with Crippen molar-refractivity contribution in [3.05, 3.63) is 53.9 Å². The van der Waals surface area contributed by atoms with Crippen LogP contribution in [0.15, 0.2) is 42.7 Å². The average Bonchev–Trinajstić information content (AvgIpc) is 3.13. The van der Waals surface area contributed by atoms with Gasteiger partial charge in [-0.05, 0) is 25.8 Å². The van der Waals surface area contributed by atoms with E-state index in [1.807, 2.05) is 56.4 Å². The Labute approximate surface area is 190 Å². The topological polar surface area (TPSA) is 70.9 Å². The molecule has 0 N–H and O–H groups in total. The van der Waals surface area contributed by atoms with E-state index in [1.54, 1.807) is 9.58 Å². The molecule has 8 nitrogen and oxygen atoms in total. The summed E-state index contributed by atoms with van der Waals surface area (Å²) < 4.78 is 7.83. The van der Waals surface area contributed by atoms with E-state index < -0.39 is 0 Å². The van der Waals surface area contributed by atoms with Gasteiger partial charge in [-0.25, -0.2) is 0 Å². The zero-order chi connectivity index (χ0) is 22.9. The first-order chi connectivity index (χ1) is 15.5. The molecule has 0 saturated carbocycles. The lowest BCUT2D eigenvalue weighted by atomic mass is 10.1. The number of hydrogen-bond acceptors (Lipinski definition) is 5. The molecule has 1 saturated heterocycles. The van der Waals surface area contributed by atoms with Crippen LogP contribution in [0, 0.1) is 0 Å². The number of carbonyl (C=O) groups excluding carboxylic acids is 2. The van der Waals surface area contributed by atoms with E-state index in [-0.39, 0.29) is 24.5 Å². The monoisotopic (exact) mass is 441 g/mol. The quantitative estimate of drug-likeness (QED) is 0.560. The summed E-state index contributed by atoms with van der Waals surface area (Å²) in [4.78, 5) is 31.3. The molecule has 2 heterocycles. The van der Waals surface area contributed by atoms with Gasteiger partial charge in [0.15, 0.2) is 0 Å². The third kappa shape index (κ3) is 6.90. The van der Waals surface area contributed by atoms with E-state index in [0.717, 1.165) is 12.0 Å². The van der Waals surface area contributed by atoms with E-state index >= 15 is 0 Å². The summed E-state index contributed by atoms with van der Waals surface area (Å²) in [6.07, 6.45) is 4.35. The van der Waals surface area contributed by atoms with Gasteiger partial charge < -0.3 is 14.5 Å². The van der Waals surface area contributed by atoms with Gasteiger partial charge in [0, 0.05) is 58.1 Å². The second kappa shape index (κ2) is 11.8. The molecule has 1 aromatic heterocycles. The molecule has 0 spiro atoms. The minimum atomic E-state index is -0.228. The van der Waals surface area contributed by atoms with Gasteiger partial charge in [-0.1, -0.05) is 30.3 Å². The maximum atomic E-state index is 13.1. The SMILES string of the molecule is CCN(CC)C(=O)COC1CN(Cc2cnn(C)c2)CC(=O)N(CCc2ccccc2)C1. The Morgan fingerprint density at radius 3 is 2.56 bits per heavy atom. The summed E-state index contributed by atoms with van der Waals surface area (Å²) in [5, 5.41) is 4.23. The van der Waals surface area contributed by atoms with Crippen molar-refractivity contribution in [3.63, 3.8) is 0 Å². The maximum absolute atomic E-state index is 13.1. The van der Waals surface area contributed by atoms with Crippen LogP contribution < -0.4 is 0 Å². The van der Waals surface area contributed by atoms with Crippen molar-refractivity contribution >= 4 is 11.8 Å². The molecule has 2 amide bonds. The van der Waals surface area contributed by atoms with Crippen molar-refractivity contribution in [2.45, 2.75) is 32.9 Å². The number of likely N-dealkylation sites (N-methyl/N-ethyl adjacent to an activating group) is 1. The fraction of sp³-hybridized carbons (Fsp3) is 0.542. The minimum absolute atomic E-state index is 0.0137. The van der Waals surface area contributed by atoms with Crippen LogP contribution in [0.1, 0.15) is 25.0 Å². The predicted octanol–water partition coefficient (Wildman–Crippen LogP) is 1.56. The Balaban J connectivity index is 1.67. The first-order valence-corrected chi connectivity index (χ1v) is 11.4. The number of hydrogen-bond donors (Lipinski definition) is 0. The smallest absolute Gasteiger partial charge is 0.248 e. The molecular formula is C24H35N5O3. The van der Waals surface area contributed by atoms with Crippen molar-refractivity contribution in [1.82, 2.24) is 24.5 Å². The molecule has 8 heteroatoms. The number of aryl methyl sites for hydroxylation is 1. The number of nitrogens with zero attached hydrogens (tertiary/aromatic N) is 5. The van der Waals surface area contributed by atoms with Gasteiger partial charge in [-0.3, -0.25) is 19.2 Å². The van der Waals surface area contributed by atoms with Crippen LogP contribution in [0.3, 0.4) is 0 Å². The maximum Gasteiger partial charge on any atom is 0.248 e. The highest BCUT2D eigenvalue weighted by atomic mass is 16.5. The summed E-state index contributed by atoms with van der Waals surface area (Å²) in [6, 6.07) is 10.2. The third-order valence-corrected chi connectivity index (χ3v) is 5.83. The van der Waals surface area contributed by atoms with Crippen LogP contribution >= 0.6 is 0 Å². The Bertz CT molecular complexity index is 866. The highest BCUT2D eigenvalue weighted by Crippen LogP contribution is 2.13.